The molecule has 1 saturated heterocycles. The summed E-state index contributed by atoms with van der Waals surface area (Å²) in [7, 11) is 1.79. The van der Waals surface area contributed by atoms with Crippen LogP contribution in [0.25, 0.3) is 0 Å². The molecule has 4 nitrogen and oxygen atoms in total. The van der Waals surface area contributed by atoms with Crippen molar-refractivity contribution in [1.29, 1.82) is 0 Å². The quantitative estimate of drug-likeness (QED) is 0.794. The van der Waals surface area contributed by atoms with Gasteiger partial charge in [0.25, 0.3) is 5.91 Å². The molecule has 0 aromatic carbocycles. The van der Waals surface area contributed by atoms with Gasteiger partial charge in [-0.2, -0.15) is 5.10 Å². The zero-order valence-electron chi connectivity index (χ0n) is 11.6. The Labute approximate surface area is 118 Å². The fourth-order valence-corrected chi connectivity index (χ4v) is 3.90. The molecule has 0 unspecified atom stereocenters. The molecular weight excluding hydrogens is 262 g/mol. The van der Waals surface area contributed by atoms with Gasteiger partial charge in [0, 0.05) is 20.1 Å². The maximum atomic E-state index is 12.6. The molecule has 0 radical (unpaired) electrons. The molecule has 104 valence electrons. The van der Waals surface area contributed by atoms with Gasteiger partial charge in [0.2, 0.25) is 0 Å². The van der Waals surface area contributed by atoms with Crippen molar-refractivity contribution < 1.29 is 4.79 Å². The van der Waals surface area contributed by atoms with E-state index in [0.717, 1.165) is 25.2 Å². The van der Waals surface area contributed by atoms with E-state index in [-0.39, 0.29) is 5.91 Å². The lowest BCUT2D eigenvalue weighted by Crippen LogP contribution is -2.32. The number of hydrogen-bond acceptors (Lipinski definition) is 2. The Morgan fingerprint density at radius 1 is 1.32 bits per heavy atom. The summed E-state index contributed by atoms with van der Waals surface area (Å²) < 4.78 is 1.61. The predicted molar refractivity (Wildman–Crippen MR) is 74.4 cm³/mol. The minimum absolute atomic E-state index is 0.0388. The first-order chi connectivity index (χ1) is 9.02. The highest BCUT2D eigenvalue weighted by Gasteiger charge is 2.42. The standard InChI is InChI=1S/C14H20ClN3O/c1-10-11(15)12(17(2)16-10)13(19)18-8-7-14(9-18)5-3-4-6-14/h3-9H2,1-2H3. The van der Waals surface area contributed by atoms with E-state index < -0.39 is 0 Å². The van der Waals surface area contributed by atoms with Gasteiger partial charge in [-0.05, 0) is 31.6 Å². The minimum Gasteiger partial charge on any atom is -0.337 e. The van der Waals surface area contributed by atoms with Crippen LogP contribution in [0, 0.1) is 12.3 Å². The van der Waals surface area contributed by atoms with Crippen LogP contribution in [-0.4, -0.2) is 33.7 Å². The Hall–Kier alpha value is -1.03. The van der Waals surface area contributed by atoms with Crippen LogP contribution in [0.15, 0.2) is 0 Å². The number of likely N-dealkylation sites (tertiary alicyclic amines) is 1. The largest absolute Gasteiger partial charge is 0.337 e. The second-order valence-electron chi connectivity index (χ2n) is 6.06. The van der Waals surface area contributed by atoms with Crippen molar-refractivity contribution >= 4 is 17.5 Å². The maximum Gasteiger partial charge on any atom is 0.273 e. The monoisotopic (exact) mass is 281 g/mol. The van der Waals surface area contributed by atoms with Crippen molar-refractivity contribution in [1.82, 2.24) is 14.7 Å². The number of aryl methyl sites for hydroxylation is 2. The molecule has 2 fully saturated rings. The zero-order valence-corrected chi connectivity index (χ0v) is 12.3. The van der Waals surface area contributed by atoms with Crippen molar-refractivity contribution in [2.75, 3.05) is 13.1 Å². The van der Waals surface area contributed by atoms with Crippen molar-refractivity contribution in [3.05, 3.63) is 16.4 Å². The first-order valence-electron chi connectivity index (χ1n) is 7.01. The summed E-state index contributed by atoms with van der Waals surface area (Å²) in [5.41, 5.74) is 1.66. The lowest BCUT2D eigenvalue weighted by molar-refractivity contribution is 0.0762. The number of amides is 1. The van der Waals surface area contributed by atoms with Crippen LogP contribution in [0.3, 0.4) is 0 Å². The highest BCUT2D eigenvalue weighted by Crippen LogP contribution is 2.45. The number of aromatic nitrogens is 2. The highest BCUT2D eigenvalue weighted by atomic mass is 35.5. The van der Waals surface area contributed by atoms with Gasteiger partial charge in [0.15, 0.2) is 0 Å². The summed E-state index contributed by atoms with van der Waals surface area (Å²) in [6.07, 6.45) is 6.32. The lowest BCUT2D eigenvalue weighted by atomic mass is 9.86. The first kappa shape index (κ1) is 13.0. The fraction of sp³-hybridized carbons (Fsp3) is 0.714. The van der Waals surface area contributed by atoms with Crippen LogP contribution < -0.4 is 0 Å². The Bertz CT molecular complexity index is 517. The molecule has 0 bridgehead atoms. The molecule has 19 heavy (non-hydrogen) atoms. The number of carbonyl (C=O) groups is 1. The average Bonchev–Trinajstić information content (AvgIpc) is 3.05. The third-order valence-electron chi connectivity index (χ3n) is 4.74. The van der Waals surface area contributed by atoms with Gasteiger partial charge in [-0.1, -0.05) is 24.4 Å². The molecule has 1 aliphatic heterocycles. The van der Waals surface area contributed by atoms with Crippen LogP contribution >= 0.6 is 11.6 Å². The van der Waals surface area contributed by atoms with Crippen LogP contribution in [-0.2, 0) is 7.05 Å². The molecule has 0 N–H and O–H groups in total. The molecule has 2 aliphatic rings. The molecule has 1 aliphatic carbocycles. The van der Waals surface area contributed by atoms with E-state index in [0.29, 0.717) is 16.1 Å². The van der Waals surface area contributed by atoms with Crippen LogP contribution in [0.4, 0.5) is 0 Å². The molecule has 1 aromatic heterocycles. The Balaban J connectivity index is 1.82. The van der Waals surface area contributed by atoms with E-state index in [2.05, 4.69) is 5.10 Å². The van der Waals surface area contributed by atoms with Gasteiger partial charge < -0.3 is 4.90 Å². The Morgan fingerprint density at radius 3 is 2.58 bits per heavy atom. The number of nitrogens with zero attached hydrogens (tertiary/aromatic N) is 3. The maximum absolute atomic E-state index is 12.6. The summed E-state index contributed by atoms with van der Waals surface area (Å²) in [6, 6.07) is 0. The van der Waals surface area contributed by atoms with Crippen LogP contribution in [0.5, 0.6) is 0 Å². The van der Waals surface area contributed by atoms with E-state index >= 15 is 0 Å². The van der Waals surface area contributed by atoms with Crippen LogP contribution in [0.1, 0.15) is 48.3 Å². The summed E-state index contributed by atoms with van der Waals surface area (Å²) in [5, 5.41) is 4.73. The van der Waals surface area contributed by atoms with Gasteiger partial charge in [0.05, 0.1) is 10.7 Å². The molecule has 0 atom stereocenters. The summed E-state index contributed by atoms with van der Waals surface area (Å²) in [5.74, 6) is 0.0388. The van der Waals surface area contributed by atoms with E-state index in [1.54, 1.807) is 11.7 Å². The van der Waals surface area contributed by atoms with Gasteiger partial charge in [-0.15, -0.1) is 0 Å². The third-order valence-corrected chi connectivity index (χ3v) is 5.19. The molecule has 3 rings (SSSR count). The van der Waals surface area contributed by atoms with Crippen LogP contribution in [0.2, 0.25) is 5.02 Å². The van der Waals surface area contributed by atoms with Crippen molar-refractivity contribution in [2.45, 2.75) is 39.0 Å². The van der Waals surface area contributed by atoms with Gasteiger partial charge in [0.1, 0.15) is 5.69 Å². The number of hydrogen-bond donors (Lipinski definition) is 0. The number of halogens is 1. The molecule has 1 amide bonds. The second-order valence-corrected chi connectivity index (χ2v) is 6.43. The third kappa shape index (κ3) is 2.06. The topological polar surface area (TPSA) is 38.1 Å². The minimum atomic E-state index is 0.0388. The van der Waals surface area contributed by atoms with Crippen molar-refractivity contribution in [3.63, 3.8) is 0 Å². The molecular formula is C14H20ClN3O. The summed E-state index contributed by atoms with van der Waals surface area (Å²) in [4.78, 5) is 14.6. The number of carbonyl (C=O) groups excluding carboxylic acids is 1. The van der Waals surface area contributed by atoms with Gasteiger partial charge in [-0.25, -0.2) is 0 Å². The smallest absolute Gasteiger partial charge is 0.273 e. The highest BCUT2D eigenvalue weighted by molar-refractivity contribution is 6.34. The molecule has 1 saturated carbocycles. The van der Waals surface area contributed by atoms with Crippen molar-refractivity contribution in [3.8, 4) is 0 Å². The van der Waals surface area contributed by atoms with E-state index in [4.69, 9.17) is 11.6 Å². The zero-order chi connectivity index (χ0) is 13.6. The Kier molecular flexibility index (Phi) is 3.08. The average molecular weight is 282 g/mol. The summed E-state index contributed by atoms with van der Waals surface area (Å²) in [6.45, 7) is 3.59. The molecule has 1 aromatic rings. The predicted octanol–water partition coefficient (Wildman–Crippen LogP) is 2.79. The first-order valence-corrected chi connectivity index (χ1v) is 7.39. The number of rotatable bonds is 1. The van der Waals surface area contributed by atoms with E-state index in [9.17, 15) is 4.79 Å². The van der Waals surface area contributed by atoms with Gasteiger partial charge in [-0.3, -0.25) is 9.48 Å². The molecule has 2 heterocycles. The normalized spacial score (nSPS) is 21.5. The second kappa shape index (κ2) is 4.51. The fourth-order valence-electron chi connectivity index (χ4n) is 3.66. The molecule has 1 spiro atoms. The van der Waals surface area contributed by atoms with Crippen molar-refractivity contribution in [2.24, 2.45) is 12.5 Å². The SMILES string of the molecule is Cc1nn(C)c(C(=O)N2CCC3(CCCC3)C2)c1Cl. The Morgan fingerprint density at radius 2 is 2.00 bits per heavy atom. The lowest BCUT2D eigenvalue weighted by Gasteiger charge is -2.23. The van der Waals surface area contributed by atoms with E-state index in [1.807, 2.05) is 11.8 Å². The van der Waals surface area contributed by atoms with E-state index in [1.165, 1.54) is 25.7 Å². The molecule has 5 heteroatoms. The summed E-state index contributed by atoms with van der Waals surface area (Å²) >= 11 is 6.21. The van der Waals surface area contributed by atoms with Gasteiger partial charge >= 0.3 is 0 Å².